The molecule has 1 atom stereocenters. The van der Waals surface area contributed by atoms with E-state index in [1.165, 1.54) is 0 Å². The summed E-state index contributed by atoms with van der Waals surface area (Å²) in [7, 11) is 1.87. The summed E-state index contributed by atoms with van der Waals surface area (Å²) in [6.45, 7) is 5.16. The first-order valence-corrected chi connectivity index (χ1v) is 8.33. The lowest BCUT2D eigenvalue weighted by molar-refractivity contribution is -0.138. The minimum atomic E-state index is -0.797. The second-order valence-electron chi connectivity index (χ2n) is 6.44. The Labute approximate surface area is 143 Å². The van der Waals surface area contributed by atoms with Crippen molar-refractivity contribution in [2.24, 2.45) is 5.92 Å². The standard InChI is InChI=1S/C20H26N2O2/c1-14(2)13-22-18-6-4-5-16(12-18)19(20(23)24)11-15-7-9-17(21-3)10-8-15/h4-10,12,14,19,21-22H,11,13H2,1-3H3,(H,23,24). The van der Waals surface area contributed by atoms with Crippen molar-refractivity contribution in [3.63, 3.8) is 0 Å². The predicted molar refractivity (Wildman–Crippen MR) is 99.8 cm³/mol. The van der Waals surface area contributed by atoms with Gasteiger partial charge in [-0.3, -0.25) is 4.79 Å². The van der Waals surface area contributed by atoms with E-state index in [4.69, 9.17) is 0 Å². The molecule has 0 aromatic heterocycles. The number of anilines is 2. The summed E-state index contributed by atoms with van der Waals surface area (Å²) >= 11 is 0. The molecular formula is C20H26N2O2. The van der Waals surface area contributed by atoms with E-state index >= 15 is 0 Å². The van der Waals surface area contributed by atoms with E-state index in [9.17, 15) is 9.90 Å². The van der Waals surface area contributed by atoms with Crippen LogP contribution < -0.4 is 10.6 Å². The zero-order chi connectivity index (χ0) is 17.5. The summed E-state index contributed by atoms with van der Waals surface area (Å²) in [6.07, 6.45) is 0.479. The van der Waals surface area contributed by atoms with Gasteiger partial charge in [-0.05, 0) is 47.7 Å². The minimum absolute atomic E-state index is 0.479. The maximum atomic E-state index is 11.8. The number of hydrogen-bond acceptors (Lipinski definition) is 3. The lowest BCUT2D eigenvalue weighted by atomic mass is 9.91. The fourth-order valence-electron chi connectivity index (χ4n) is 2.58. The average Bonchev–Trinajstić information content (AvgIpc) is 2.58. The van der Waals surface area contributed by atoms with E-state index < -0.39 is 11.9 Å². The van der Waals surface area contributed by atoms with E-state index in [0.29, 0.717) is 12.3 Å². The summed E-state index contributed by atoms with van der Waals surface area (Å²) in [5.74, 6) is -0.811. The van der Waals surface area contributed by atoms with Gasteiger partial charge in [0.15, 0.2) is 0 Å². The van der Waals surface area contributed by atoms with Gasteiger partial charge in [-0.2, -0.15) is 0 Å². The highest BCUT2D eigenvalue weighted by atomic mass is 16.4. The van der Waals surface area contributed by atoms with Gasteiger partial charge in [0.25, 0.3) is 0 Å². The summed E-state index contributed by atoms with van der Waals surface area (Å²) in [6, 6.07) is 15.6. The third-order valence-electron chi connectivity index (χ3n) is 3.98. The number of carboxylic acids is 1. The Morgan fingerprint density at radius 3 is 2.38 bits per heavy atom. The van der Waals surface area contributed by atoms with Crippen molar-refractivity contribution >= 4 is 17.3 Å². The number of rotatable bonds is 8. The molecule has 0 aliphatic carbocycles. The van der Waals surface area contributed by atoms with E-state index in [1.54, 1.807) is 0 Å². The molecule has 2 aromatic rings. The number of nitrogens with one attached hydrogen (secondary N) is 2. The van der Waals surface area contributed by atoms with E-state index in [0.717, 1.165) is 29.0 Å². The first kappa shape index (κ1) is 17.9. The maximum absolute atomic E-state index is 11.8. The van der Waals surface area contributed by atoms with Crippen LogP contribution >= 0.6 is 0 Å². The van der Waals surface area contributed by atoms with Crippen LogP contribution in [0.4, 0.5) is 11.4 Å². The van der Waals surface area contributed by atoms with Crippen molar-refractivity contribution in [1.82, 2.24) is 0 Å². The molecule has 128 valence electrons. The quantitative estimate of drug-likeness (QED) is 0.680. The van der Waals surface area contributed by atoms with Crippen LogP contribution in [0.1, 0.15) is 30.9 Å². The Morgan fingerprint density at radius 2 is 1.79 bits per heavy atom. The Balaban J connectivity index is 2.17. The topological polar surface area (TPSA) is 61.4 Å². The number of hydrogen-bond donors (Lipinski definition) is 3. The highest BCUT2D eigenvalue weighted by Gasteiger charge is 2.20. The van der Waals surface area contributed by atoms with Crippen LogP contribution in [0.25, 0.3) is 0 Å². The van der Waals surface area contributed by atoms with Gasteiger partial charge in [-0.15, -0.1) is 0 Å². The largest absolute Gasteiger partial charge is 0.481 e. The van der Waals surface area contributed by atoms with Crippen molar-refractivity contribution in [2.45, 2.75) is 26.2 Å². The van der Waals surface area contributed by atoms with Gasteiger partial charge in [-0.25, -0.2) is 0 Å². The Kier molecular flexibility index (Phi) is 6.24. The molecule has 4 nitrogen and oxygen atoms in total. The summed E-state index contributed by atoms with van der Waals surface area (Å²) in [5.41, 5.74) is 3.83. The Bertz CT molecular complexity index is 666. The van der Waals surface area contributed by atoms with Gasteiger partial charge in [0, 0.05) is 25.0 Å². The Hall–Kier alpha value is -2.49. The molecule has 0 amide bonds. The van der Waals surface area contributed by atoms with E-state index in [2.05, 4.69) is 24.5 Å². The normalized spacial score (nSPS) is 12.0. The van der Waals surface area contributed by atoms with Gasteiger partial charge in [0.2, 0.25) is 0 Å². The highest BCUT2D eigenvalue weighted by molar-refractivity contribution is 5.77. The smallest absolute Gasteiger partial charge is 0.311 e. The molecule has 24 heavy (non-hydrogen) atoms. The third kappa shape index (κ3) is 5.01. The van der Waals surface area contributed by atoms with Gasteiger partial charge in [0.1, 0.15) is 0 Å². The number of carbonyl (C=O) groups is 1. The van der Waals surface area contributed by atoms with Gasteiger partial charge >= 0.3 is 5.97 Å². The van der Waals surface area contributed by atoms with Gasteiger partial charge < -0.3 is 15.7 Å². The van der Waals surface area contributed by atoms with Crippen molar-refractivity contribution < 1.29 is 9.90 Å². The molecule has 1 unspecified atom stereocenters. The maximum Gasteiger partial charge on any atom is 0.311 e. The molecule has 0 saturated carbocycles. The second-order valence-corrected chi connectivity index (χ2v) is 6.44. The molecule has 2 rings (SSSR count). The van der Waals surface area contributed by atoms with Crippen LogP contribution in [0.5, 0.6) is 0 Å². The van der Waals surface area contributed by atoms with Crippen LogP contribution in [0, 0.1) is 5.92 Å². The van der Waals surface area contributed by atoms with E-state index in [-0.39, 0.29) is 0 Å². The lowest BCUT2D eigenvalue weighted by Crippen LogP contribution is -2.15. The highest BCUT2D eigenvalue weighted by Crippen LogP contribution is 2.25. The van der Waals surface area contributed by atoms with Crippen molar-refractivity contribution in [3.8, 4) is 0 Å². The second kappa shape index (κ2) is 8.39. The van der Waals surface area contributed by atoms with Crippen LogP contribution in [0.2, 0.25) is 0 Å². The number of benzene rings is 2. The molecule has 0 radical (unpaired) electrons. The third-order valence-corrected chi connectivity index (χ3v) is 3.98. The molecule has 0 fully saturated rings. The molecule has 4 heteroatoms. The first-order chi connectivity index (χ1) is 11.5. The number of carboxylic acid groups (broad SMARTS) is 1. The first-order valence-electron chi connectivity index (χ1n) is 8.33. The predicted octanol–water partition coefficient (Wildman–Crippen LogP) is 4.21. The molecule has 0 aliphatic heterocycles. The van der Waals surface area contributed by atoms with Crippen molar-refractivity contribution in [1.29, 1.82) is 0 Å². The summed E-state index contributed by atoms with van der Waals surface area (Å²) in [5, 5.41) is 16.1. The van der Waals surface area contributed by atoms with E-state index in [1.807, 2.05) is 55.6 Å². The van der Waals surface area contributed by atoms with Crippen LogP contribution in [0.15, 0.2) is 48.5 Å². The molecule has 0 aliphatic rings. The zero-order valence-corrected chi connectivity index (χ0v) is 14.5. The average molecular weight is 326 g/mol. The summed E-state index contributed by atoms with van der Waals surface area (Å²) < 4.78 is 0. The molecule has 2 aromatic carbocycles. The van der Waals surface area contributed by atoms with Gasteiger partial charge in [-0.1, -0.05) is 38.1 Å². The molecular weight excluding hydrogens is 300 g/mol. The van der Waals surface area contributed by atoms with Crippen molar-refractivity contribution in [2.75, 3.05) is 24.2 Å². The van der Waals surface area contributed by atoms with Crippen LogP contribution in [-0.4, -0.2) is 24.7 Å². The zero-order valence-electron chi connectivity index (χ0n) is 14.5. The molecule has 0 spiro atoms. The molecule has 0 bridgehead atoms. The summed E-state index contributed by atoms with van der Waals surface area (Å²) in [4.78, 5) is 11.8. The Morgan fingerprint density at radius 1 is 1.08 bits per heavy atom. The fourth-order valence-corrected chi connectivity index (χ4v) is 2.58. The lowest BCUT2D eigenvalue weighted by Gasteiger charge is -2.16. The van der Waals surface area contributed by atoms with Crippen LogP contribution in [0.3, 0.4) is 0 Å². The molecule has 0 heterocycles. The SMILES string of the molecule is CNc1ccc(CC(C(=O)O)c2cccc(NCC(C)C)c2)cc1. The molecule has 3 N–H and O–H groups in total. The molecule has 0 saturated heterocycles. The number of aliphatic carboxylic acids is 1. The monoisotopic (exact) mass is 326 g/mol. The van der Waals surface area contributed by atoms with Crippen LogP contribution in [-0.2, 0) is 11.2 Å². The minimum Gasteiger partial charge on any atom is -0.481 e. The van der Waals surface area contributed by atoms with Gasteiger partial charge in [0.05, 0.1) is 5.92 Å². The fraction of sp³-hybridized carbons (Fsp3) is 0.350. The van der Waals surface area contributed by atoms with Crippen molar-refractivity contribution in [3.05, 3.63) is 59.7 Å².